The Morgan fingerprint density at radius 1 is 1.23 bits per heavy atom. The fraction of sp³-hybridized carbons (Fsp3) is 0.200. The Morgan fingerprint density at radius 3 is 2.59 bits per heavy atom. The Balaban J connectivity index is 1.75. The second kappa shape index (κ2) is 7.72. The minimum atomic E-state index is -0.899. The van der Waals surface area contributed by atoms with E-state index in [4.69, 9.17) is 11.6 Å². The zero-order valence-electron chi connectivity index (χ0n) is 11.6. The number of hydrogen-bond donors (Lipinski definition) is 3. The Kier molecular flexibility index (Phi) is 5.68. The lowest BCUT2D eigenvalue weighted by molar-refractivity contribution is 0.173. The molecule has 0 aliphatic heterocycles. The minimum Gasteiger partial charge on any atom is -0.387 e. The normalized spacial score (nSPS) is 11.8. The summed E-state index contributed by atoms with van der Waals surface area (Å²) >= 11 is 5.66. The zero-order valence-corrected chi connectivity index (χ0v) is 12.3. The number of carbonyl (C=O) groups excluding carboxylic acids is 1. The van der Waals surface area contributed by atoms with Crippen LogP contribution in [0, 0.1) is 5.82 Å². The van der Waals surface area contributed by atoms with Crippen LogP contribution in [0.5, 0.6) is 0 Å². The van der Waals surface area contributed by atoms with Crippen molar-refractivity contribution in [3.05, 3.63) is 64.7 Å². The van der Waals surface area contributed by atoms with Gasteiger partial charge in [-0.25, -0.2) is 14.2 Å². The molecule has 2 amide bonds. The molecule has 0 spiro atoms. The van der Waals surface area contributed by atoms with E-state index in [1.807, 2.05) is 0 Å². The van der Waals surface area contributed by atoms with Crippen LogP contribution in [0.15, 0.2) is 42.6 Å². The first kappa shape index (κ1) is 16.2. The summed E-state index contributed by atoms with van der Waals surface area (Å²) in [6.45, 7) is 0.318. The van der Waals surface area contributed by atoms with E-state index < -0.39 is 12.1 Å². The third-order valence-electron chi connectivity index (χ3n) is 2.95. The summed E-state index contributed by atoms with van der Waals surface area (Å²) in [4.78, 5) is 15.5. The van der Waals surface area contributed by atoms with Crippen molar-refractivity contribution in [1.29, 1.82) is 0 Å². The van der Waals surface area contributed by atoms with E-state index in [2.05, 4.69) is 15.6 Å². The lowest BCUT2D eigenvalue weighted by atomic mass is 10.1. The first-order valence-corrected chi connectivity index (χ1v) is 6.98. The number of aliphatic hydroxyl groups is 1. The zero-order chi connectivity index (χ0) is 15.9. The molecule has 2 rings (SSSR count). The smallest absolute Gasteiger partial charge is 0.315 e. The Labute approximate surface area is 132 Å². The molecule has 1 atom stereocenters. The number of carbonyl (C=O) groups is 1. The molecule has 1 aromatic carbocycles. The standard InChI is InChI=1S/C15H15ClFN3O2/c16-14-6-1-10(7-18-14)8-19-15(22)20-9-13(21)11-2-4-12(17)5-3-11/h1-7,13,21H,8-9H2,(H2,19,20,22). The molecule has 0 radical (unpaired) electrons. The third-order valence-corrected chi connectivity index (χ3v) is 3.18. The highest BCUT2D eigenvalue weighted by atomic mass is 35.5. The van der Waals surface area contributed by atoms with Crippen molar-refractivity contribution in [2.75, 3.05) is 6.54 Å². The summed E-state index contributed by atoms with van der Waals surface area (Å²) in [6.07, 6.45) is 0.666. The number of amides is 2. The number of urea groups is 1. The van der Waals surface area contributed by atoms with Crippen molar-refractivity contribution in [3.63, 3.8) is 0 Å². The maximum atomic E-state index is 12.8. The van der Waals surface area contributed by atoms with Crippen LogP contribution in [-0.2, 0) is 6.54 Å². The summed E-state index contributed by atoms with van der Waals surface area (Å²) in [5.41, 5.74) is 1.34. The van der Waals surface area contributed by atoms with Gasteiger partial charge in [-0.1, -0.05) is 29.8 Å². The maximum Gasteiger partial charge on any atom is 0.315 e. The van der Waals surface area contributed by atoms with Crippen LogP contribution < -0.4 is 10.6 Å². The van der Waals surface area contributed by atoms with Crippen molar-refractivity contribution in [3.8, 4) is 0 Å². The van der Waals surface area contributed by atoms with E-state index >= 15 is 0 Å². The summed E-state index contributed by atoms with van der Waals surface area (Å²) in [6, 6.07) is 8.42. The molecule has 116 valence electrons. The van der Waals surface area contributed by atoms with Gasteiger partial charge in [0.15, 0.2) is 0 Å². The summed E-state index contributed by atoms with van der Waals surface area (Å²) in [5.74, 6) is -0.377. The minimum absolute atomic E-state index is 0.0241. The summed E-state index contributed by atoms with van der Waals surface area (Å²) in [5, 5.41) is 15.4. The average Bonchev–Trinajstić information content (AvgIpc) is 2.52. The van der Waals surface area contributed by atoms with E-state index in [1.165, 1.54) is 24.3 Å². The molecule has 1 unspecified atom stereocenters. The van der Waals surface area contributed by atoms with E-state index in [0.29, 0.717) is 17.3 Å². The second-order valence-electron chi connectivity index (χ2n) is 4.62. The molecule has 0 bridgehead atoms. The van der Waals surface area contributed by atoms with E-state index in [0.717, 1.165) is 5.56 Å². The van der Waals surface area contributed by atoms with Crippen molar-refractivity contribution in [2.24, 2.45) is 0 Å². The number of nitrogens with zero attached hydrogens (tertiary/aromatic N) is 1. The van der Waals surface area contributed by atoms with Gasteiger partial charge in [0.25, 0.3) is 0 Å². The van der Waals surface area contributed by atoms with Crippen LogP contribution >= 0.6 is 11.6 Å². The number of aromatic nitrogens is 1. The monoisotopic (exact) mass is 323 g/mol. The fourth-order valence-electron chi connectivity index (χ4n) is 1.75. The van der Waals surface area contributed by atoms with Crippen LogP contribution in [0.25, 0.3) is 0 Å². The number of halogens is 2. The predicted octanol–water partition coefficient (Wildman–Crippen LogP) is 2.41. The molecular formula is C15H15ClFN3O2. The number of rotatable bonds is 5. The lowest BCUT2D eigenvalue weighted by Gasteiger charge is -2.13. The van der Waals surface area contributed by atoms with Gasteiger partial charge < -0.3 is 15.7 Å². The molecule has 3 N–H and O–H groups in total. The molecule has 1 heterocycles. The van der Waals surface area contributed by atoms with Crippen LogP contribution in [0.2, 0.25) is 5.15 Å². The van der Waals surface area contributed by atoms with Gasteiger partial charge in [-0.2, -0.15) is 0 Å². The van der Waals surface area contributed by atoms with Gasteiger partial charge in [0.1, 0.15) is 11.0 Å². The molecule has 2 aromatic rings. The third kappa shape index (κ3) is 4.98. The lowest BCUT2D eigenvalue weighted by Crippen LogP contribution is -2.37. The average molecular weight is 324 g/mol. The molecule has 5 nitrogen and oxygen atoms in total. The van der Waals surface area contributed by atoms with Crippen LogP contribution in [0.4, 0.5) is 9.18 Å². The van der Waals surface area contributed by atoms with Crippen LogP contribution in [0.3, 0.4) is 0 Å². The van der Waals surface area contributed by atoms with E-state index in [-0.39, 0.29) is 12.4 Å². The van der Waals surface area contributed by atoms with Crippen molar-refractivity contribution in [1.82, 2.24) is 15.6 Å². The maximum absolute atomic E-state index is 12.8. The Bertz CT molecular complexity index is 620. The summed E-state index contributed by atoms with van der Waals surface area (Å²) in [7, 11) is 0. The van der Waals surface area contributed by atoms with Crippen molar-refractivity contribution >= 4 is 17.6 Å². The number of hydrogen-bond acceptors (Lipinski definition) is 3. The van der Waals surface area contributed by atoms with Gasteiger partial charge in [-0.05, 0) is 29.3 Å². The van der Waals surface area contributed by atoms with Gasteiger partial charge in [-0.15, -0.1) is 0 Å². The molecule has 0 saturated heterocycles. The SMILES string of the molecule is O=C(NCc1ccc(Cl)nc1)NCC(O)c1ccc(F)cc1. The predicted molar refractivity (Wildman–Crippen MR) is 80.8 cm³/mol. The first-order valence-electron chi connectivity index (χ1n) is 6.60. The van der Waals surface area contributed by atoms with E-state index in [9.17, 15) is 14.3 Å². The van der Waals surface area contributed by atoms with Gasteiger partial charge in [0.05, 0.1) is 6.10 Å². The number of aliphatic hydroxyl groups excluding tert-OH is 1. The van der Waals surface area contributed by atoms with Crippen LogP contribution in [0.1, 0.15) is 17.2 Å². The van der Waals surface area contributed by atoms with Crippen molar-refractivity contribution in [2.45, 2.75) is 12.6 Å². The quantitative estimate of drug-likeness (QED) is 0.740. The Hall–Kier alpha value is -2.18. The molecule has 22 heavy (non-hydrogen) atoms. The van der Waals surface area contributed by atoms with Gasteiger partial charge in [0, 0.05) is 19.3 Å². The topological polar surface area (TPSA) is 74.2 Å². The Morgan fingerprint density at radius 2 is 1.95 bits per heavy atom. The van der Waals surface area contributed by atoms with Gasteiger partial charge in [-0.3, -0.25) is 0 Å². The van der Waals surface area contributed by atoms with Gasteiger partial charge >= 0.3 is 6.03 Å². The molecule has 0 saturated carbocycles. The van der Waals surface area contributed by atoms with E-state index in [1.54, 1.807) is 18.3 Å². The van der Waals surface area contributed by atoms with Crippen LogP contribution in [-0.4, -0.2) is 22.7 Å². The molecule has 0 fully saturated rings. The molecule has 0 aliphatic rings. The van der Waals surface area contributed by atoms with Crippen molar-refractivity contribution < 1.29 is 14.3 Å². The largest absolute Gasteiger partial charge is 0.387 e. The molecule has 1 aromatic heterocycles. The highest BCUT2D eigenvalue weighted by Crippen LogP contribution is 2.12. The molecule has 0 aliphatic carbocycles. The first-order chi connectivity index (χ1) is 10.5. The highest BCUT2D eigenvalue weighted by Gasteiger charge is 2.09. The molecule has 7 heteroatoms. The number of pyridine rings is 1. The summed E-state index contributed by atoms with van der Waals surface area (Å²) < 4.78 is 12.8. The highest BCUT2D eigenvalue weighted by molar-refractivity contribution is 6.29. The number of nitrogens with one attached hydrogen (secondary N) is 2. The number of benzene rings is 1. The van der Waals surface area contributed by atoms with Gasteiger partial charge in [0.2, 0.25) is 0 Å². The molecular weight excluding hydrogens is 309 g/mol. The fourth-order valence-corrected chi connectivity index (χ4v) is 1.86. The second-order valence-corrected chi connectivity index (χ2v) is 5.01.